The molecule has 98 valence electrons. The average Bonchev–Trinajstić information content (AvgIpc) is 2.87. The Kier molecular flexibility index (Phi) is 3.73. The van der Waals surface area contributed by atoms with Gasteiger partial charge in [0.05, 0.1) is 17.7 Å². The van der Waals surface area contributed by atoms with Crippen molar-refractivity contribution in [2.24, 2.45) is 11.7 Å². The lowest BCUT2D eigenvalue weighted by Crippen LogP contribution is -2.52. The van der Waals surface area contributed by atoms with Crippen molar-refractivity contribution in [2.45, 2.75) is 63.7 Å². The highest BCUT2D eigenvalue weighted by Crippen LogP contribution is 2.38. The van der Waals surface area contributed by atoms with Crippen LogP contribution in [0.15, 0.2) is 0 Å². The Bertz CT molecular complexity index is 291. The number of hydrogen-bond acceptors (Lipinski definition) is 3. The van der Waals surface area contributed by atoms with Gasteiger partial charge < -0.3 is 15.8 Å². The van der Waals surface area contributed by atoms with Crippen LogP contribution >= 0.6 is 0 Å². The summed E-state index contributed by atoms with van der Waals surface area (Å²) in [6.45, 7) is 4.57. The average molecular weight is 240 g/mol. The molecule has 4 heteroatoms. The van der Waals surface area contributed by atoms with Gasteiger partial charge in [-0.15, -0.1) is 0 Å². The molecule has 17 heavy (non-hydrogen) atoms. The van der Waals surface area contributed by atoms with Gasteiger partial charge in [-0.25, -0.2) is 0 Å². The van der Waals surface area contributed by atoms with Gasteiger partial charge in [0.15, 0.2) is 0 Å². The van der Waals surface area contributed by atoms with Gasteiger partial charge in [-0.3, -0.25) is 4.79 Å². The number of nitrogens with one attached hydrogen (secondary N) is 1. The predicted molar refractivity (Wildman–Crippen MR) is 66.5 cm³/mol. The minimum Gasteiger partial charge on any atom is -0.375 e. The molecule has 4 nitrogen and oxygen atoms in total. The second-order valence-electron chi connectivity index (χ2n) is 5.75. The fraction of sp³-hybridized carbons (Fsp3) is 0.923. The molecule has 0 aliphatic carbocycles. The largest absolute Gasteiger partial charge is 0.375 e. The van der Waals surface area contributed by atoms with Crippen LogP contribution in [0.1, 0.15) is 46.0 Å². The van der Waals surface area contributed by atoms with Gasteiger partial charge in [-0.2, -0.15) is 0 Å². The van der Waals surface area contributed by atoms with Crippen molar-refractivity contribution < 1.29 is 9.53 Å². The summed E-state index contributed by atoms with van der Waals surface area (Å²) in [4.78, 5) is 11.9. The summed E-state index contributed by atoms with van der Waals surface area (Å²) in [7, 11) is 0. The Labute approximate surface area is 103 Å². The zero-order valence-corrected chi connectivity index (χ0v) is 10.9. The maximum Gasteiger partial charge on any atom is 0.239 e. The Hall–Kier alpha value is -0.610. The molecule has 4 atom stereocenters. The Balaban J connectivity index is 1.76. The van der Waals surface area contributed by atoms with Gasteiger partial charge in [0, 0.05) is 12.5 Å². The zero-order chi connectivity index (χ0) is 12.5. The van der Waals surface area contributed by atoms with Crippen LogP contribution in [0.4, 0.5) is 0 Å². The van der Waals surface area contributed by atoms with Gasteiger partial charge >= 0.3 is 0 Å². The maximum absolute atomic E-state index is 11.9. The fourth-order valence-electron chi connectivity index (χ4n) is 3.02. The summed E-state index contributed by atoms with van der Waals surface area (Å²) in [6.07, 6.45) is 5.92. The molecular formula is C13H24N2O2. The topological polar surface area (TPSA) is 64.4 Å². The third kappa shape index (κ3) is 2.80. The van der Waals surface area contributed by atoms with Gasteiger partial charge in [0.2, 0.25) is 5.91 Å². The number of hydrogen-bond donors (Lipinski definition) is 2. The number of rotatable bonds is 5. The first kappa shape index (κ1) is 12.8. The summed E-state index contributed by atoms with van der Waals surface area (Å²) in [5.41, 5.74) is 5.26. The highest BCUT2D eigenvalue weighted by Gasteiger charge is 2.41. The van der Waals surface area contributed by atoms with Crippen LogP contribution in [-0.4, -0.2) is 30.2 Å². The zero-order valence-electron chi connectivity index (χ0n) is 10.9. The molecule has 3 N–H and O–H groups in total. The quantitative estimate of drug-likeness (QED) is 0.758. The molecule has 2 fully saturated rings. The van der Waals surface area contributed by atoms with E-state index in [0.717, 1.165) is 32.2 Å². The van der Waals surface area contributed by atoms with Crippen molar-refractivity contribution in [3.8, 4) is 0 Å². The first-order chi connectivity index (χ1) is 8.03. The highest BCUT2D eigenvalue weighted by atomic mass is 16.5. The lowest BCUT2D eigenvalue weighted by molar-refractivity contribution is -0.126. The minimum atomic E-state index is -0.729. The number of nitrogens with two attached hydrogens (primary N) is 1. The van der Waals surface area contributed by atoms with E-state index in [0.29, 0.717) is 18.1 Å². The summed E-state index contributed by atoms with van der Waals surface area (Å²) in [6, 6.07) is 0. The van der Waals surface area contributed by atoms with Crippen LogP contribution in [0.2, 0.25) is 0 Å². The Morgan fingerprint density at radius 3 is 2.82 bits per heavy atom. The number of ether oxygens (including phenoxy) is 1. The number of amides is 1. The maximum atomic E-state index is 11.9. The van der Waals surface area contributed by atoms with E-state index in [1.54, 1.807) is 0 Å². The van der Waals surface area contributed by atoms with Crippen LogP contribution in [0, 0.1) is 5.92 Å². The van der Waals surface area contributed by atoms with Gasteiger partial charge in [-0.05, 0) is 32.6 Å². The standard InChI is InChI=1S/C13H24N2O2/c1-3-6-13(2,14)12(16)15-8-9-7-10-4-5-11(9)17-10/h9-11H,3-8,14H2,1-2H3,(H,15,16). The van der Waals surface area contributed by atoms with E-state index in [1.165, 1.54) is 6.42 Å². The molecule has 0 radical (unpaired) electrons. The van der Waals surface area contributed by atoms with E-state index in [4.69, 9.17) is 10.5 Å². The van der Waals surface area contributed by atoms with Gasteiger partial charge in [-0.1, -0.05) is 13.3 Å². The predicted octanol–water partition coefficient (Wildman–Crippen LogP) is 1.19. The van der Waals surface area contributed by atoms with E-state index in [-0.39, 0.29) is 5.91 Å². The van der Waals surface area contributed by atoms with Crippen LogP contribution in [-0.2, 0) is 9.53 Å². The molecule has 0 aromatic rings. The molecular weight excluding hydrogens is 216 g/mol. The number of carbonyl (C=O) groups excluding carboxylic acids is 1. The summed E-state index contributed by atoms with van der Waals surface area (Å²) >= 11 is 0. The van der Waals surface area contributed by atoms with Crippen molar-refractivity contribution in [3.63, 3.8) is 0 Å². The molecule has 2 heterocycles. The second kappa shape index (κ2) is 4.94. The molecule has 2 bridgehead atoms. The van der Waals surface area contributed by atoms with E-state index < -0.39 is 5.54 Å². The molecule has 0 spiro atoms. The molecule has 0 aromatic carbocycles. The first-order valence-electron chi connectivity index (χ1n) is 6.75. The normalized spacial score (nSPS) is 34.6. The Morgan fingerprint density at radius 2 is 2.29 bits per heavy atom. The molecule has 2 aliphatic heterocycles. The summed E-state index contributed by atoms with van der Waals surface area (Å²) < 4.78 is 5.77. The second-order valence-corrected chi connectivity index (χ2v) is 5.75. The monoisotopic (exact) mass is 240 g/mol. The summed E-state index contributed by atoms with van der Waals surface area (Å²) in [5, 5.41) is 2.99. The van der Waals surface area contributed by atoms with Crippen molar-refractivity contribution in [1.29, 1.82) is 0 Å². The van der Waals surface area contributed by atoms with Crippen LogP contribution < -0.4 is 11.1 Å². The van der Waals surface area contributed by atoms with Crippen LogP contribution in [0.25, 0.3) is 0 Å². The lowest BCUT2D eigenvalue weighted by atomic mass is 9.89. The molecule has 2 rings (SSSR count). The van der Waals surface area contributed by atoms with Crippen LogP contribution in [0.3, 0.4) is 0 Å². The van der Waals surface area contributed by atoms with E-state index in [2.05, 4.69) is 5.32 Å². The van der Waals surface area contributed by atoms with Crippen molar-refractivity contribution >= 4 is 5.91 Å². The molecule has 0 aromatic heterocycles. The SMILES string of the molecule is CCCC(C)(N)C(=O)NCC1CC2CCC1O2. The third-order valence-corrected chi connectivity index (χ3v) is 4.04. The molecule has 2 aliphatic rings. The lowest BCUT2D eigenvalue weighted by Gasteiger charge is -2.25. The van der Waals surface area contributed by atoms with Crippen molar-refractivity contribution in [3.05, 3.63) is 0 Å². The third-order valence-electron chi connectivity index (χ3n) is 4.04. The van der Waals surface area contributed by atoms with E-state index in [9.17, 15) is 4.79 Å². The Morgan fingerprint density at radius 1 is 1.53 bits per heavy atom. The van der Waals surface area contributed by atoms with Gasteiger partial charge in [0.1, 0.15) is 0 Å². The minimum absolute atomic E-state index is 0.0258. The molecule has 1 amide bonds. The highest BCUT2D eigenvalue weighted by molar-refractivity contribution is 5.85. The van der Waals surface area contributed by atoms with Gasteiger partial charge in [0.25, 0.3) is 0 Å². The summed E-state index contributed by atoms with van der Waals surface area (Å²) in [5.74, 6) is 0.470. The number of fused-ring (bicyclic) bond motifs is 2. The molecule has 2 saturated heterocycles. The molecule has 4 unspecified atom stereocenters. The van der Waals surface area contributed by atoms with Crippen LogP contribution in [0.5, 0.6) is 0 Å². The smallest absolute Gasteiger partial charge is 0.239 e. The molecule has 0 saturated carbocycles. The number of carbonyl (C=O) groups is 1. The fourth-order valence-corrected chi connectivity index (χ4v) is 3.02. The van der Waals surface area contributed by atoms with E-state index >= 15 is 0 Å². The van der Waals surface area contributed by atoms with E-state index in [1.807, 2.05) is 13.8 Å². The van der Waals surface area contributed by atoms with Crippen molar-refractivity contribution in [1.82, 2.24) is 5.32 Å². The van der Waals surface area contributed by atoms with Crippen molar-refractivity contribution in [2.75, 3.05) is 6.54 Å². The first-order valence-corrected chi connectivity index (χ1v) is 6.75.